The second-order valence-electron chi connectivity index (χ2n) is 3.96. The van der Waals surface area contributed by atoms with Crippen molar-refractivity contribution in [1.29, 1.82) is 0 Å². The van der Waals surface area contributed by atoms with E-state index in [-0.39, 0.29) is 12.1 Å². The maximum absolute atomic E-state index is 12.7. The van der Waals surface area contributed by atoms with E-state index in [4.69, 9.17) is 5.11 Å². The van der Waals surface area contributed by atoms with Crippen LogP contribution in [0.3, 0.4) is 0 Å². The summed E-state index contributed by atoms with van der Waals surface area (Å²) in [5.74, 6) is -0.751. The Morgan fingerprint density at radius 1 is 1.26 bits per heavy atom. The van der Waals surface area contributed by atoms with E-state index in [1.165, 1.54) is 19.2 Å². The van der Waals surface area contributed by atoms with Crippen LogP contribution in [0.25, 0.3) is 0 Å². The zero-order valence-electron chi connectivity index (χ0n) is 10.2. The van der Waals surface area contributed by atoms with E-state index in [1.807, 2.05) is 0 Å². The second kappa shape index (κ2) is 5.89. The number of alkyl halides is 3. The van der Waals surface area contributed by atoms with E-state index >= 15 is 0 Å². The van der Waals surface area contributed by atoms with Crippen molar-refractivity contribution in [2.24, 2.45) is 0 Å². The Bertz CT molecular complexity index is 528. The van der Waals surface area contributed by atoms with E-state index in [0.29, 0.717) is 0 Å². The van der Waals surface area contributed by atoms with Crippen molar-refractivity contribution in [2.75, 3.05) is 20.2 Å². The first-order chi connectivity index (χ1) is 8.68. The van der Waals surface area contributed by atoms with Crippen LogP contribution in [0, 0.1) is 0 Å². The molecule has 0 unspecified atom stereocenters. The van der Waals surface area contributed by atoms with Crippen molar-refractivity contribution in [3.63, 3.8) is 0 Å². The second-order valence-corrected chi connectivity index (χ2v) is 6.03. The summed E-state index contributed by atoms with van der Waals surface area (Å²) in [6.07, 6.45) is -4.60. The molecule has 108 valence electrons. The molecule has 1 rings (SSSR count). The number of sulfonamides is 1. The standard InChI is InChI=1S/C11H14F3NO3S/c1-15(6-7-16)19(17,18)8-9-4-2-3-5-10(9)11(12,13)14/h2-5,16H,6-8H2,1H3. The van der Waals surface area contributed by atoms with Crippen LogP contribution in [0.15, 0.2) is 24.3 Å². The van der Waals surface area contributed by atoms with E-state index in [2.05, 4.69) is 0 Å². The smallest absolute Gasteiger partial charge is 0.395 e. The summed E-state index contributed by atoms with van der Waals surface area (Å²) in [6, 6.07) is 4.53. The van der Waals surface area contributed by atoms with Crippen LogP contribution in [0.4, 0.5) is 13.2 Å². The molecule has 0 amide bonds. The Kier molecular flexibility index (Phi) is 4.94. The van der Waals surface area contributed by atoms with Gasteiger partial charge in [-0.25, -0.2) is 12.7 Å². The molecule has 0 heterocycles. The molecule has 4 nitrogen and oxygen atoms in total. The highest BCUT2D eigenvalue weighted by Gasteiger charge is 2.34. The number of hydrogen-bond acceptors (Lipinski definition) is 3. The minimum absolute atomic E-state index is 0.156. The molecule has 1 aromatic carbocycles. The third-order valence-electron chi connectivity index (χ3n) is 2.55. The third-order valence-corrected chi connectivity index (χ3v) is 4.36. The molecule has 1 N–H and O–H groups in total. The molecule has 0 saturated heterocycles. The Labute approximate surface area is 109 Å². The summed E-state index contributed by atoms with van der Waals surface area (Å²) in [5, 5.41) is 8.66. The van der Waals surface area contributed by atoms with Crippen LogP contribution in [0.2, 0.25) is 0 Å². The maximum Gasteiger partial charge on any atom is 0.416 e. The van der Waals surface area contributed by atoms with Crippen LogP contribution >= 0.6 is 0 Å². The summed E-state index contributed by atoms with van der Waals surface area (Å²) in [6.45, 7) is -0.548. The van der Waals surface area contributed by atoms with Crippen molar-refractivity contribution < 1.29 is 26.7 Å². The topological polar surface area (TPSA) is 57.6 Å². The van der Waals surface area contributed by atoms with Crippen LogP contribution in [-0.4, -0.2) is 38.0 Å². The number of halogens is 3. The van der Waals surface area contributed by atoms with E-state index in [1.54, 1.807) is 0 Å². The number of rotatable bonds is 5. The largest absolute Gasteiger partial charge is 0.416 e. The van der Waals surface area contributed by atoms with E-state index in [0.717, 1.165) is 16.4 Å². The van der Waals surface area contributed by atoms with Crippen LogP contribution in [-0.2, 0) is 22.0 Å². The molecule has 0 aromatic heterocycles. The number of aliphatic hydroxyl groups excluding tert-OH is 1. The predicted molar refractivity (Wildman–Crippen MR) is 63.8 cm³/mol. The minimum Gasteiger partial charge on any atom is -0.395 e. The summed E-state index contributed by atoms with van der Waals surface area (Å²) in [4.78, 5) is 0. The fourth-order valence-electron chi connectivity index (χ4n) is 1.51. The Hall–Kier alpha value is -1.12. The number of hydrogen-bond donors (Lipinski definition) is 1. The highest BCUT2D eigenvalue weighted by molar-refractivity contribution is 7.88. The molecule has 0 aliphatic rings. The molecule has 0 fully saturated rings. The lowest BCUT2D eigenvalue weighted by Gasteiger charge is -2.18. The van der Waals surface area contributed by atoms with Crippen molar-refractivity contribution >= 4 is 10.0 Å². The molecule has 0 aliphatic carbocycles. The monoisotopic (exact) mass is 297 g/mol. The molecule has 0 aliphatic heterocycles. The Morgan fingerprint density at radius 3 is 2.37 bits per heavy atom. The molecular weight excluding hydrogens is 283 g/mol. The van der Waals surface area contributed by atoms with E-state index < -0.39 is 34.1 Å². The van der Waals surface area contributed by atoms with Gasteiger partial charge in [0, 0.05) is 13.6 Å². The average molecular weight is 297 g/mol. The van der Waals surface area contributed by atoms with Gasteiger partial charge in [0.2, 0.25) is 10.0 Å². The zero-order valence-corrected chi connectivity index (χ0v) is 11.0. The summed E-state index contributed by atoms with van der Waals surface area (Å²) in [7, 11) is -2.67. The predicted octanol–water partition coefficient (Wildman–Crippen LogP) is 1.46. The van der Waals surface area contributed by atoms with Gasteiger partial charge in [-0.1, -0.05) is 18.2 Å². The zero-order chi connectivity index (χ0) is 14.7. The molecule has 0 saturated carbocycles. The van der Waals surface area contributed by atoms with Gasteiger partial charge in [0.1, 0.15) is 0 Å². The normalized spacial score (nSPS) is 12.9. The average Bonchev–Trinajstić information content (AvgIpc) is 2.28. The first-order valence-electron chi connectivity index (χ1n) is 5.38. The lowest BCUT2D eigenvalue weighted by Crippen LogP contribution is -2.31. The van der Waals surface area contributed by atoms with Gasteiger partial charge in [-0.2, -0.15) is 13.2 Å². The molecule has 8 heteroatoms. The molecule has 19 heavy (non-hydrogen) atoms. The van der Waals surface area contributed by atoms with Gasteiger partial charge in [0.15, 0.2) is 0 Å². The van der Waals surface area contributed by atoms with Crippen LogP contribution < -0.4 is 0 Å². The molecule has 1 aromatic rings. The summed E-state index contributed by atoms with van der Waals surface area (Å²) >= 11 is 0. The first kappa shape index (κ1) is 15.9. The maximum atomic E-state index is 12.7. The molecule has 0 radical (unpaired) electrons. The SMILES string of the molecule is CN(CCO)S(=O)(=O)Cc1ccccc1C(F)(F)F. The Morgan fingerprint density at radius 2 is 1.84 bits per heavy atom. The van der Waals surface area contributed by atoms with Crippen molar-refractivity contribution in [3.8, 4) is 0 Å². The number of benzene rings is 1. The highest BCUT2D eigenvalue weighted by atomic mass is 32.2. The fourth-order valence-corrected chi connectivity index (χ4v) is 2.73. The lowest BCUT2D eigenvalue weighted by atomic mass is 10.1. The van der Waals surface area contributed by atoms with Crippen LogP contribution in [0.1, 0.15) is 11.1 Å². The number of aliphatic hydroxyl groups is 1. The number of nitrogens with zero attached hydrogens (tertiary/aromatic N) is 1. The molecule has 0 spiro atoms. The van der Waals surface area contributed by atoms with Crippen molar-refractivity contribution in [2.45, 2.75) is 11.9 Å². The molecular formula is C11H14F3NO3S. The van der Waals surface area contributed by atoms with Crippen LogP contribution in [0.5, 0.6) is 0 Å². The van der Waals surface area contributed by atoms with Gasteiger partial charge in [-0.05, 0) is 11.6 Å². The van der Waals surface area contributed by atoms with Gasteiger partial charge in [0.05, 0.1) is 17.9 Å². The molecule has 0 atom stereocenters. The highest BCUT2D eigenvalue weighted by Crippen LogP contribution is 2.32. The van der Waals surface area contributed by atoms with Gasteiger partial charge in [-0.3, -0.25) is 0 Å². The van der Waals surface area contributed by atoms with Gasteiger partial charge < -0.3 is 5.11 Å². The van der Waals surface area contributed by atoms with Crippen molar-refractivity contribution in [1.82, 2.24) is 4.31 Å². The summed E-state index contributed by atoms with van der Waals surface area (Å²) < 4.78 is 62.6. The quantitative estimate of drug-likeness (QED) is 0.895. The van der Waals surface area contributed by atoms with Gasteiger partial charge in [0.25, 0.3) is 0 Å². The van der Waals surface area contributed by atoms with E-state index in [9.17, 15) is 21.6 Å². The first-order valence-corrected chi connectivity index (χ1v) is 6.99. The third kappa shape index (κ3) is 4.19. The number of likely N-dealkylation sites (N-methyl/N-ethyl adjacent to an activating group) is 1. The summed E-state index contributed by atoms with van der Waals surface area (Å²) in [5.41, 5.74) is -1.27. The Balaban J connectivity index is 3.07. The fraction of sp³-hybridized carbons (Fsp3) is 0.455. The van der Waals surface area contributed by atoms with Crippen molar-refractivity contribution in [3.05, 3.63) is 35.4 Å². The minimum atomic E-state index is -4.60. The molecule has 0 bridgehead atoms. The van der Waals surface area contributed by atoms with Gasteiger partial charge in [-0.15, -0.1) is 0 Å². The van der Waals surface area contributed by atoms with Gasteiger partial charge >= 0.3 is 6.18 Å². The lowest BCUT2D eigenvalue weighted by molar-refractivity contribution is -0.138.